The van der Waals surface area contributed by atoms with E-state index >= 15 is 0 Å². The number of likely N-dealkylation sites (N-methyl/N-ethyl adjacent to an activating group) is 1. The van der Waals surface area contributed by atoms with Crippen molar-refractivity contribution in [2.75, 3.05) is 32.8 Å². The first-order chi connectivity index (χ1) is 9.56. The van der Waals surface area contributed by atoms with Crippen LogP contribution in [0.25, 0.3) is 0 Å². The molecule has 0 aromatic heterocycles. The van der Waals surface area contributed by atoms with Gasteiger partial charge in [-0.1, -0.05) is 6.92 Å². The molecule has 0 aromatic rings. The minimum absolute atomic E-state index is 0.178. The number of carbonyl (C=O) groups is 3. The van der Waals surface area contributed by atoms with E-state index in [2.05, 4.69) is 17.1 Å². The van der Waals surface area contributed by atoms with E-state index in [0.29, 0.717) is 26.0 Å². The second-order valence-electron chi connectivity index (χ2n) is 5.64. The fraction of sp³-hybridized carbons (Fsp3) is 0.769. The Morgan fingerprint density at radius 2 is 2.10 bits per heavy atom. The largest absolute Gasteiger partial charge is 0.374 e. The number of amides is 4. The van der Waals surface area contributed by atoms with Crippen LogP contribution in [-0.4, -0.2) is 66.5 Å². The van der Waals surface area contributed by atoms with E-state index in [1.54, 1.807) is 0 Å². The number of morpholine rings is 1. The molecule has 3 rings (SSSR count). The molecule has 1 atom stereocenters. The number of urea groups is 1. The van der Waals surface area contributed by atoms with Crippen molar-refractivity contribution in [2.24, 2.45) is 5.41 Å². The van der Waals surface area contributed by atoms with Crippen molar-refractivity contribution < 1.29 is 19.1 Å². The van der Waals surface area contributed by atoms with Crippen LogP contribution in [0.5, 0.6) is 0 Å². The molecule has 1 N–H and O–H groups in total. The third kappa shape index (κ3) is 2.10. The minimum Gasteiger partial charge on any atom is -0.374 e. The Hall–Kier alpha value is -1.47. The Labute approximate surface area is 117 Å². The van der Waals surface area contributed by atoms with E-state index in [-0.39, 0.29) is 18.6 Å². The molecule has 3 aliphatic rings. The third-order valence-corrected chi connectivity index (χ3v) is 4.36. The molecule has 20 heavy (non-hydrogen) atoms. The Morgan fingerprint density at radius 1 is 1.35 bits per heavy atom. The average molecular weight is 281 g/mol. The SMILES string of the molecule is CCN1CCOC(CN2C(=O)NC(=O)C3(CC3)C2=O)C1. The van der Waals surface area contributed by atoms with E-state index in [1.807, 2.05) is 0 Å². The summed E-state index contributed by atoms with van der Waals surface area (Å²) in [6, 6.07) is -0.616. The van der Waals surface area contributed by atoms with E-state index in [1.165, 1.54) is 0 Å². The van der Waals surface area contributed by atoms with E-state index < -0.39 is 17.4 Å². The second-order valence-corrected chi connectivity index (χ2v) is 5.64. The number of hydrogen-bond donors (Lipinski definition) is 1. The number of ether oxygens (including phenoxy) is 1. The molecule has 0 aromatic carbocycles. The highest BCUT2D eigenvalue weighted by molar-refractivity contribution is 6.20. The Bertz CT molecular complexity index is 461. The molecule has 2 saturated heterocycles. The fourth-order valence-corrected chi connectivity index (χ4v) is 2.85. The number of nitrogens with zero attached hydrogens (tertiary/aromatic N) is 2. The number of hydrogen-bond acceptors (Lipinski definition) is 5. The van der Waals surface area contributed by atoms with Crippen LogP contribution in [0.15, 0.2) is 0 Å². The lowest BCUT2D eigenvalue weighted by molar-refractivity contribution is -0.146. The lowest BCUT2D eigenvalue weighted by Crippen LogP contribution is -2.61. The van der Waals surface area contributed by atoms with Crippen LogP contribution in [0.4, 0.5) is 4.79 Å². The summed E-state index contributed by atoms with van der Waals surface area (Å²) < 4.78 is 5.62. The first kappa shape index (κ1) is 13.5. The summed E-state index contributed by atoms with van der Waals surface area (Å²) in [6.45, 7) is 5.38. The van der Waals surface area contributed by atoms with Crippen molar-refractivity contribution in [2.45, 2.75) is 25.9 Å². The maximum atomic E-state index is 12.3. The zero-order chi connectivity index (χ0) is 14.3. The number of nitrogens with one attached hydrogen (secondary N) is 1. The smallest absolute Gasteiger partial charge is 0.330 e. The van der Waals surface area contributed by atoms with Crippen LogP contribution in [0, 0.1) is 5.41 Å². The minimum atomic E-state index is -0.965. The summed E-state index contributed by atoms with van der Waals surface area (Å²) >= 11 is 0. The summed E-state index contributed by atoms with van der Waals surface area (Å²) in [5.41, 5.74) is -0.965. The quantitative estimate of drug-likeness (QED) is 0.710. The monoisotopic (exact) mass is 281 g/mol. The maximum absolute atomic E-state index is 12.3. The summed E-state index contributed by atoms with van der Waals surface area (Å²) in [5, 5.41) is 2.29. The molecule has 4 amide bonds. The molecule has 110 valence electrons. The molecular formula is C13H19N3O4. The fourth-order valence-electron chi connectivity index (χ4n) is 2.85. The Morgan fingerprint density at radius 3 is 2.75 bits per heavy atom. The van der Waals surface area contributed by atoms with Crippen molar-refractivity contribution >= 4 is 17.8 Å². The average Bonchev–Trinajstić information content (AvgIpc) is 3.24. The predicted molar refractivity (Wildman–Crippen MR) is 68.8 cm³/mol. The van der Waals surface area contributed by atoms with Gasteiger partial charge in [0.15, 0.2) is 0 Å². The van der Waals surface area contributed by atoms with Gasteiger partial charge >= 0.3 is 6.03 Å². The third-order valence-electron chi connectivity index (χ3n) is 4.36. The van der Waals surface area contributed by atoms with Gasteiger partial charge in [-0.25, -0.2) is 4.79 Å². The molecule has 0 radical (unpaired) electrons. The number of carbonyl (C=O) groups excluding carboxylic acids is 3. The normalized spacial score (nSPS) is 29.8. The topological polar surface area (TPSA) is 79.0 Å². The lowest BCUT2D eigenvalue weighted by Gasteiger charge is -2.36. The van der Waals surface area contributed by atoms with Crippen molar-refractivity contribution in [3.8, 4) is 0 Å². The van der Waals surface area contributed by atoms with Crippen LogP contribution in [0.2, 0.25) is 0 Å². The second kappa shape index (κ2) is 4.82. The van der Waals surface area contributed by atoms with Crippen molar-refractivity contribution in [3.63, 3.8) is 0 Å². The van der Waals surface area contributed by atoms with Crippen molar-refractivity contribution in [3.05, 3.63) is 0 Å². The van der Waals surface area contributed by atoms with Crippen LogP contribution in [0.1, 0.15) is 19.8 Å². The standard InChI is InChI=1S/C13H19N3O4/c1-2-15-5-6-20-9(7-15)8-16-11(18)13(3-4-13)10(17)14-12(16)19/h9H,2-8H2,1H3,(H,14,17,19). The summed E-state index contributed by atoms with van der Waals surface area (Å²) in [6.07, 6.45) is 0.893. The van der Waals surface area contributed by atoms with E-state index in [4.69, 9.17) is 4.74 Å². The molecule has 1 saturated carbocycles. The van der Waals surface area contributed by atoms with Gasteiger partial charge in [0.1, 0.15) is 5.41 Å². The van der Waals surface area contributed by atoms with Gasteiger partial charge in [-0.15, -0.1) is 0 Å². The summed E-state index contributed by atoms with van der Waals surface area (Å²) in [7, 11) is 0. The molecule has 1 spiro atoms. The van der Waals surface area contributed by atoms with Crippen LogP contribution < -0.4 is 5.32 Å². The van der Waals surface area contributed by atoms with Gasteiger partial charge in [-0.2, -0.15) is 0 Å². The van der Waals surface area contributed by atoms with Gasteiger partial charge in [0.25, 0.3) is 0 Å². The van der Waals surface area contributed by atoms with Crippen LogP contribution in [-0.2, 0) is 14.3 Å². The number of barbiturate groups is 1. The molecule has 2 heterocycles. The molecular weight excluding hydrogens is 262 g/mol. The molecule has 2 aliphatic heterocycles. The first-order valence-corrected chi connectivity index (χ1v) is 7.08. The Balaban J connectivity index is 1.68. The molecule has 1 aliphatic carbocycles. The predicted octanol–water partition coefficient (Wildman–Crippen LogP) is -0.434. The van der Waals surface area contributed by atoms with Gasteiger partial charge in [0.2, 0.25) is 11.8 Å². The van der Waals surface area contributed by atoms with Gasteiger partial charge in [-0.05, 0) is 19.4 Å². The van der Waals surface area contributed by atoms with E-state index in [9.17, 15) is 14.4 Å². The van der Waals surface area contributed by atoms with Gasteiger partial charge in [0, 0.05) is 13.1 Å². The van der Waals surface area contributed by atoms with Gasteiger partial charge in [-0.3, -0.25) is 24.7 Å². The molecule has 3 fully saturated rings. The van der Waals surface area contributed by atoms with Gasteiger partial charge < -0.3 is 4.74 Å². The molecule has 7 nitrogen and oxygen atoms in total. The Kier molecular flexibility index (Phi) is 3.25. The summed E-state index contributed by atoms with van der Waals surface area (Å²) in [5.74, 6) is -0.799. The number of rotatable bonds is 3. The zero-order valence-corrected chi connectivity index (χ0v) is 11.6. The highest BCUT2D eigenvalue weighted by Crippen LogP contribution is 2.48. The van der Waals surface area contributed by atoms with Crippen LogP contribution in [0.3, 0.4) is 0 Å². The molecule has 7 heteroatoms. The molecule has 0 bridgehead atoms. The van der Waals surface area contributed by atoms with Gasteiger partial charge in [0.05, 0.1) is 19.3 Å². The van der Waals surface area contributed by atoms with E-state index in [0.717, 1.165) is 18.0 Å². The van der Waals surface area contributed by atoms with Crippen molar-refractivity contribution in [1.82, 2.24) is 15.1 Å². The zero-order valence-electron chi connectivity index (χ0n) is 11.6. The highest BCUT2D eigenvalue weighted by Gasteiger charge is 2.62. The maximum Gasteiger partial charge on any atom is 0.330 e. The summed E-state index contributed by atoms with van der Waals surface area (Å²) in [4.78, 5) is 39.3. The first-order valence-electron chi connectivity index (χ1n) is 7.08. The molecule has 1 unspecified atom stereocenters. The van der Waals surface area contributed by atoms with Crippen LogP contribution >= 0.6 is 0 Å². The lowest BCUT2D eigenvalue weighted by atomic mass is 10.0. The van der Waals surface area contributed by atoms with Crippen molar-refractivity contribution in [1.29, 1.82) is 0 Å². The number of imide groups is 2. The highest BCUT2D eigenvalue weighted by atomic mass is 16.5.